The minimum atomic E-state index is -2.77. The maximum absolute atomic E-state index is 12.3. The molecule has 0 unspecified atom stereocenters. The standard InChI is InChI=1S/C8H7ClF2N2O/c9-7(14)6-5(8(10)11)2-1-4(3-12)13-6/h1-2,8H,3,12H2. The van der Waals surface area contributed by atoms with Crippen molar-refractivity contribution in [2.75, 3.05) is 0 Å². The second-order valence-corrected chi connectivity index (χ2v) is 2.86. The molecule has 2 N–H and O–H groups in total. The van der Waals surface area contributed by atoms with Gasteiger partial charge >= 0.3 is 0 Å². The van der Waals surface area contributed by atoms with E-state index in [4.69, 9.17) is 17.3 Å². The Hall–Kier alpha value is -1.07. The monoisotopic (exact) mass is 220 g/mol. The number of hydrogen-bond donors (Lipinski definition) is 1. The summed E-state index contributed by atoms with van der Waals surface area (Å²) in [6.45, 7) is 0.0701. The van der Waals surface area contributed by atoms with Crippen LogP contribution in [0.3, 0.4) is 0 Å². The Morgan fingerprint density at radius 3 is 2.64 bits per heavy atom. The average Bonchev–Trinajstić information content (AvgIpc) is 2.16. The first kappa shape index (κ1) is 11.0. The van der Waals surface area contributed by atoms with Gasteiger partial charge in [0.15, 0.2) is 0 Å². The molecule has 0 atom stereocenters. The number of carbonyl (C=O) groups is 1. The molecular formula is C8H7ClF2N2O. The predicted molar refractivity (Wildman–Crippen MR) is 47.3 cm³/mol. The molecule has 0 radical (unpaired) electrons. The summed E-state index contributed by atoms with van der Waals surface area (Å²) in [6, 6.07) is 2.44. The first-order valence-electron chi connectivity index (χ1n) is 3.74. The van der Waals surface area contributed by atoms with Crippen molar-refractivity contribution in [3.05, 3.63) is 29.1 Å². The van der Waals surface area contributed by atoms with Crippen molar-refractivity contribution in [2.45, 2.75) is 13.0 Å². The zero-order chi connectivity index (χ0) is 10.7. The van der Waals surface area contributed by atoms with Crippen LogP contribution >= 0.6 is 11.6 Å². The molecule has 1 rings (SSSR count). The fourth-order valence-electron chi connectivity index (χ4n) is 0.958. The Bertz CT molecular complexity index is 357. The Kier molecular flexibility index (Phi) is 3.49. The first-order valence-corrected chi connectivity index (χ1v) is 4.12. The summed E-state index contributed by atoms with van der Waals surface area (Å²) in [5.41, 5.74) is 4.69. The van der Waals surface area contributed by atoms with E-state index in [0.29, 0.717) is 5.69 Å². The smallest absolute Gasteiger partial charge is 0.271 e. The summed E-state index contributed by atoms with van der Waals surface area (Å²) in [4.78, 5) is 14.4. The van der Waals surface area contributed by atoms with Crippen molar-refractivity contribution in [1.82, 2.24) is 4.98 Å². The lowest BCUT2D eigenvalue weighted by Gasteiger charge is -2.05. The summed E-state index contributed by atoms with van der Waals surface area (Å²) >= 11 is 5.11. The molecule has 1 heterocycles. The molecule has 6 heteroatoms. The zero-order valence-corrected chi connectivity index (χ0v) is 7.76. The lowest BCUT2D eigenvalue weighted by atomic mass is 10.2. The van der Waals surface area contributed by atoms with Gasteiger partial charge in [-0.1, -0.05) is 0 Å². The van der Waals surface area contributed by atoms with Gasteiger partial charge in [0.2, 0.25) is 0 Å². The fraction of sp³-hybridized carbons (Fsp3) is 0.250. The highest BCUT2D eigenvalue weighted by molar-refractivity contribution is 6.67. The molecule has 1 aromatic heterocycles. The first-order chi connectivity index (χ1) is 6.56. The maximum atomic E-state index is 12.3. The van der Waals surface area contributed by atoms with Gasteiger partial charge in [0, 0.05) is 12.1 Å². The van der Waals surface area contributed by atoms with Crippen LogP contribution < -0.4 is 5.73 Å². The summed E-state index contributed by atoms with van der Waals surface area (Å²) < 4.78 is 24.7. The van der Waals surface area contributed by atoms with Crippen molar-refractivity contribution < 1.29 is 13.6 Å². The van der Waals surface area contributed by atoms with Gasteiger partial charge in [0.1, 0.15) is 5.69 Å². The van der Waals surface area contributed by atoms with Gasteiger partial charge in [0.05, 0.1) is 5.69 Å². The molecule has 0 saturated heterocycles. The van der Waals surface area contributed by atoms with E-state index in [1.807, 2.05) is 0 Å². The van der Waals surface area contributed by atoms with Crippen LogP contribution in [0.4, 0.5) is 8.78 Å². The fourth-order valence-corrected chi connectivity index (χ4v) is 1.11. The molecule has 0 saturated carbocycles. The Balaban J connectivity index is 3.24. The molecule has 14 heavy (non-hydrogen) atoms. The average molecular weight is 221 g/mol. The highest BCUT2D eigenvalue weighted by Gasteiger charge is 2.18. The van der Waals surface area contributed by atoms with Crippen molar-refractivity contribution in [3.63, 3.8) is 0 Å². The van der Waals surface area contributed by atoms with E-state index in [9.17, 15) is 13.6 Å². The summed E-state index contributed by atoms with van der Waals surface area (Å²) in [7, 11) is 0. The highest BCUT2D eigenvalue weighted by Crippen LogP contribution is 2.23. The number of aromatic nitrogens is 1. The van der Waals surface area contributed by atoms with E-state index in [0.717, 1.165) is 6.07 Å². The third-order valence-electron chi connectivity index (χ3n) is 1.61. The van der Waals surface area contributed by atoms with Crippen LogP contribution in [-0.4, -0.2) is 10.2 Å². The van der Waals surface area contributed by atoms with Crippen molar-refractivity contribution in [1.29, 1.82) is 0 Å². The lowest BCUT2D eigenvalue weighted by Crippen LogP contribution is -2.07. The molecule has 0 aromatic carbocycles. The predicted octanol–water partition coefficient (Wildman–Crippen LogP) is 1.86. The summed E-state index contributed by atoms with van der Waals surface area (Å²) in [5.74, 6) is 0. The van der Waals surface area contributed by atoms with Gasteiger partial charge < -0.3 is 5.73 Å². The third-order valence-corrected chi connectivity index (χ3v) is 1.79. The van der Waals surface area contributed by atoms with E-state index in [-0.39, 0.29) is 6.54 Å². The number of carbonyl (C=O) groups excluding carboxylic acids is 1. The van der Waals surface area contributed by atoms with Crippen molar-refractivity contribution in [2.24, 2.45) is 5.73 Å². The van der Waals surface area contributed by atoms with Gasteiger partial charge in [-0.05, 0) is 23.7 Å². The quantitative estimate of drug-likeness (QED) is 0.791. The number of pyridine rings is 1. The molecule has 0 fully saturated rings. The normalized spacial score (nSPS) is 10.6. The Labute approximate surface area is 83.9 Å². The van der Waals surface area contributed by atoms with Crippen LogP contribution in [0.5, 0.6) is 0 Å². The molecule has 0 aliphatic heterocycles. The van der Waals surface area contributed by atoms with Gasteiger partial charge in [0.25, 0.3) is 11.7 Å². The molecule has 0 aliphatic rings. The number of nitrogens with zero attached hydrogens (tertiary/aromatic N) is 1. The number of hydrogen-bond acceptors (Lipinski definition) is 3. The summed E-state index contributed by atoms with van der Waals surface area (Å²) in [6.07, 6.45) is -2.77. The minimum Gasteiger partial charge on any atom is -0.325 e. The van der Waals surface area contributed by atoms with Crippen LogP contribution in [0.1, 0.15) is 28.2 Å². The zero-order valence-electron chi connectivity index (χ0n) is 7.01. The lowest BCUT2D eigenvalue weighted by molar-refractivity contribution is 0.106. The van der Waals surface area contributed by atoms with Gasteiger partial charge in [-0.15, -0.1) is 0 Å². The molecule has 0 spiro atoms. The van der Waals surface area contributed by atoms with Crippen LogP contribution in [-0.2, 0) is 6.54 Å². The van der Waals surface area contributed by atoms with E-state index in [2.05, 4.69) is 4.98 Å². The highest BCUT2D eigenvalue weighted by atomic mass is 35.5. The molecular weight excluding hydrogens is 214 g/mol. The van der Waals surface area contributed by atoms with E-state index >= 15 is 0 Å². The van der Waals surface area contributed by atoms with Crippen molar-refractivity contribution >= 4 is 16.8 Å². The molecule has 0 bridgehead atoms. The van der Waals surface area contributed by atoms with Crippen LogP contribution in [0.2, 0.25) is 0 Å². The topological polar surface area (TPSA) is 56.0 Å². The van der Waals surface area contributed by atoms with Crippen LogP contribution in [0, 0.1) is 0 Å². The molecule has 3 nitrogen and oxygen atoms in total. The molecule has 1 aromatic rings. The van der Waals surface area contributed by atoms with Crippen LogP contribution in [0.15, 0.2) is 12.1 Å². The number of halogens is 3. The maximum Gasteiger partial charge on any atom is 0.271 e. The Morgan fingerprint density at radius 2 is 2.21 bits per heavy atom. The molecule has 0 aliphatic carbocycles. The number of rotatable bonds is 3. The van der Waals surface area contributed by atoms with E-state index < -0.39 is 22.9 Å². The molecule has 0 amide bonds. The SMILES string of the molecule is NCc1ccc(C(F)F)c(C(=O)Cl)n1. The van der Waals surface area contributed by atoms with Crippen molar-refractivity contribution in [3.8, 4) is 0 Å². The second kappa shape index (κ2) is 4.43. The number of nitrogens with two attached hydrogens (primary N) is 1. The van der Waals surface area contributed by atoms with E-state index in [1.165, 1.54) is 6.07 Å². The molecule has 76 valence electrons. The number of alkyl halides is 2. The second-order valence-electron chi connectivity index (χ2n) is 2.52. The van der Waals surface area contributed by atoms with Crippen LogP contribution in [0.25, 0.3) is 0 Å². The van der Waals surface area contributed by atoms with Gasteiger partial charge in [-0.3, -0.25) is 4.79 Å². The minimum absolute atomic E-state index is 0.0701. The van der Waals surface area contributed by atoms with Gasteiger partial charge in [-0.25, -0.2) is 13.8 Å². The Morgan fingerprint density at radius 1 is 1.57 bits per heavy atom. The van der Waals surface area contributed by atoms with E-state index in [1.54, 1.807) is 0 Å². The van der Waals surface area contributed by atoms with Gasteiger partial charge in [-0.2, -0.15) is 0 Å². The largest absolute Gasteiger partial charge is 0.325 e. The third kappa shape index (κ3) is 2.24. The summed E-state index contributed by atoms with van der Waals surface area (Å²) in [5, 5.41) is -1.00.